The minimum Gasteiger partial charge on any atom is -0.497 e. The van der Waals surface area contributed by atoms with Crippen molar-refractivity contribution in [3.8, 4) is 17.0 Å². The number of hydrogen-bond acceptors (Lipinski definition) is 4. The SMILES string of the molecule is COc1cccc(-c2nn(Cc3ccccc3)cc2/C=C/C(=O)c2cccnc2)c1. The first-order chi connectivity index (χ1) is 14.7. The van der Waals surface area contributed by atoms with E-state index in [1.165, 1.54) is 0 Å². The predicted octanol–water partition coefficient (Wildman–Crippen LogP) is 4.90. The zero-order valence-electron chi connectivity index (χ0n) is 16.6. The van der Waals surface area contributed by atoms with Gasteiger partial charge in [-0.3, -0.25) is 14.5 Å². The molecule has 0 amide bonds. The summed E-state index contributed by atoms with van der Waals surface area (Å²) in [7, 11) is 1.64. The molecular formula is C25H21N3O2. The van der Waals surface area contributed by atoms with Gasteiger partial charge in [-0.2, -0.15) is 5.10 Å². The van der Waals surface area contributed by atoms with Crippen molar-refractivity contribution < 1.29 is 9.53 Å². The van der Waals surface area contributed by atoms with Crippen molar-refractivity contribution in [1.29, 1.82) is 0 Å². The van der Waals surface area contributed by atoms with Gasteiger partial charge in [-0.25, -0.2) is 0 Å². The fourth-order valence-corrected chi connectivity index (χ4v) is 3.18. The van der Waals surface area contributed by atoms with Crippen LogP contribution in [-0.2, 0) is 6.54 Å². The van der Waals surface area contributed by atoms with Gasteiger partial charge in [0.2, 0.25) is 0 Å². The molecule has 2 aromatic heterocycles. The Morgan fingerprint density at radius 1 is 1.07 bits per heavy atom. The van der Waals surface area contributed by atoms with Gasteiger partial charge in [0.25, 0.3) is 0 Å². The lowest BCUT2D eigenvalue weighted by Gasteiger charge is -2.03. The molecule has 5 nitrogen and oxygen atoms in total. The number of ketones is 1. The van der Waals surface area contributed by atoms with E-state index in [-0.39, 0.29) is 5.78 Å². The maximum absolute atomic E-state index is 12.5. The van der Waals surface area contributed by atoms with Crippen LogP contribution >= 0.6 is 0 Å². The zero-order valence-corrected chi connectivity index (χ0v) is 16.6. The average Bonchev–Trinajstić information content (AvgIpc) is 3.21. The highest BCUT2D eigenvalue weighted by molar-refractivity contribution is 6.06. The minimum atomic E-state index is -0.101. The van der Waals surface area contributed by atoms with E-state index in [1.54, 1.807) is 43.8 Å². The molecule has 5 heteroatoms. The van der Waals surface area contributed by atoms with E-state index >= 15 is 0 Å². The molecule has 0 aliphatic heterocycles. The summed E-state index contributed by atoms with van der Waals surface area (Å²) in [6.45, 7) is 0.641. The Kier molecular flexibility index (Phi) is 5.80. The Bertz CT molecular complexity index is 1170. The van der Waals surface area contributed by atoms with Crippen LogP contribution in [0, 0.1) is 0 Å². The number of aromatic nitrogens is 3. The van der Waals surface area contributed by atoms with Crippen molar-refractivity contribution >= 4 is 11.9 Å². The monoisotopic (exact) mass is 395 g/mol. The predicted molar refractivity (Wildman–Crippen MR) is 117 cm³/mol. The third kappa shape index (κ3) is 4.52. The van der Waals surface area contributed by atoms with Crippen molar-refractivity contribution in [2.75, 3.05) is 7.11 Å². The number of ether oxygens (including phenoxy) is 1. The van der Waals surface area contributed by atoms with Gasteiger partial charge < -0.3 is 4.74 Å². The third-order valence-corrected chi connectivity index (χ3v) is 4.68. The summed E-state index contributed by atoms with van der Waals surface area (Å²) in [5, 5.41) is 4.79. The molecule has 4 aromatic rings. The van der Waals surface area contributed by atoms with Gasteiger partial charge in [0.1, 0.15) is 5.75 Å². The first kappa shape index (κ1) is 19.3. The number of carbonyl (C=O) groups is 1. The molecule has 2 aromatic carbocycles. The summed E-state index contributed by atoms with van der Waals surface area (Å²) in [5.41, 5.74) is 4.28. The van der Waals surface area contributed by atoms with Crippen LogP contribution in [-0.4, -0.2) is 27.7 Å². The van der Waals surface area contributed by atoms with Crippen molar-refractivity contribution in [2.45, 2.75) is 6.54 Å². The van der Waals surface area contributed by atoms with Crippen LogP contribution in [0.2, 0.25) is 0 Å². The van der Waals surface area contributed by atoms with Gasteiger partial charge >= 0.3 is 0 Å². The van der Waals surface area contributed by atoms with Crippen LogP contribution in [0.3, 0.4) is 0 Å². The van der Waals surface area contributed by atoms with Crippen LogP contribution in [0.15, 0.2) is 91.4 Å². The second-order valence-electron chi connectivity index (χ2n) is 6.79. The van der Waals surface area contributed by atoms with Crippen LogP contribution in [0.4, 0.5) is 0 Å². The molecule has 0 saturated carbocycles. The lowest BCUT2D eigenvalue weighted by molar-refractivity contribution is 0.104. The average molecular weight is 395 g/mol. The molecule has 0 aliphatic rings. The zero-order chi connectivity index (χ0) is 20.8. The van der Waals surface area contributed by atoms with E-state index in [2.05, 4.69) is 17.1 Å². The number of hydrogen-bond donors (Lipinski definition) is 0. The van der Waals surface area contributed by atoms with E-state index in [0.29, 0.717) is 12.1 Å². The van der Waals surface area contributed by atoms with Gasteiger partial charge in [0, 0.05) is 35.3 Å². The fraction of sp³-hybridized carbons (Fsp3) is 0.0800. The summed E-state index contributed by atoms with van der Waals surface area (Å²) in [6, 6.07) is 21.4. The summed E-state index contributed by atoms with van der Waals surface area (Å²) < 4.78 is 7.25. The van der Waals surface area contributed by atoms with Crippen LogP contribution < -0.4 is 4.74 Å². The van der Waals surface area contributed by atoms with Crippen LogP contribution in [0.1, 0.15) is 21.5 Å². The second kappa shape index (κ2) is 9.01. The standard InChI is InChI=1S/C25H21N3O2/c1-30-23-11-5-9-20(15-23)25-22(12-13-24(29)21-10-6-14-26-16-21)18-28(27-25)17-19-7-3-2-4-8-19/h2-16,18H,17H2,1H3/b13-12+. The van der Waals surface area contributed by atoms with Crippen LogP contribution in [0.25, 0.3) is 17.3 Å². The van der Waals surface area contributed by atoms with E-state index in [9.17, 15) is 4.79 Å². The molecule has 4 rings (SSSR count). The molecule has 0 atom stereocenters. The normalized spacial score (nSPS) is 11.0. The molecule has 0 unspecified atom stereocenters. The maximum Gasteiger partial charge on any atom is 0.187 e. The summed E-state index contributed by atoms with van der Waals surface area (Å²) >= 11 is 0. The quantitative estimate of drug-likeness (QED) is 0.330. The third-order valence-electron chi connectivity index (χ3n) is 4.68. The summed E-state index contributed by atoms with van der Waals surface area (Å²) in [4.78, 5) is 16.5. The number of benzene rings is 2. The Labute approximate surface area is 175 Å². The Morgan fingerprint density at radius 2 is 1.93 bits per heavy atom. The Hall–Kier alpha value is -3.99. The molecule has 0 radical (unpaired) electrons. The molecular weight excluding hydrogens is 374 g/mol. The topological polar surface area (TPSA) is 57.0 Å². The number of nitrogens with zero attached hydrogens (tertiary/aromatic N) is 3. The summed E-state index contributed by atoms with van der Waals surface area (Å²) in [5.74, 6) is 0.655. The van der Waals surface area contributed by atoms with Crippen LogP contribution in [0.5, 0.6) is 5.75 Å². The first-order valence-electron chi connectivity index (χ1n) is 9.61. The highest BCUT2D eigenvalue weighted by atomic mass is 16.5. The van der Waals surface area contributed by atoms with Gasteiger partial charge in [0.15, 0.2) is 5.78 Å². The lowest BCUT2D eigenvalue weighted by atomic mass is 10.1. The molecule has 0 saturated heterocycles. The first-order valence-corrected chi connectivity index (χ1v) is 9.61. The molecule has 0 bridgehead atoms. The number of carbonyl (C=O) groups excluding carboxylic acids is 1. The van der Waals surface area contributed by atoms with Gasteiger partial charge in [-0.1, -0.05) is 42.5 Å². The molecule has 0 fully saturated rings. The highest BCUT2D eigenvalue weighted by Gasteiger charge is 2.11. The second-order valence-corrected chi connectivity index (χ2v) is 6.79. The minimum absolute atomic E-state index is 0.101. The fourth-order valence-electron chi connectivity index (χ4n) is 3.18. The smallest absolute Gasteiger partial charge is 0.187 e. The molecule has 0 aliphatic carbocycles. The van der Waals surface area contributed by atoms with Crippen molar-refractivity contribution in [1.82, 2.24) is 14.8 Å². The Balaban J connectivity index is 1.69. The van der Waals surface area contributed by atoms with E-state index in [1.807, 2.05) is 53.3 Å². The van der Waals surface area contributed by atoms with Crippen molar-refractivity contribution in [3.05, 3.63) is 108 Å². The molecule has 0 spiro atoms. The van der Waals surface area contributed by atoms with E-state index < -0.39 is 0 Å². The highest BCUT2D eigenvalue weighted by Crippen LogP contribution is 2.27. The molecule has 0 N–H and O–H groups in total. The molecule has 30 heavy (non-hydrogen) atoms. The van der Waals surface area contributed by atoms with E-state index in [4.69, 9.17) is 9.84 Å². The number of allylic oxidation sites excluding steroid dienone is 1. The maximum atomic E-state index is 12.5. The van der Waals surface area contributed by atoms with Crippen molar-refractivity contribution in [3.63, 3.8) is 0 Å². The Morgan fingerprint density at radius 3 is 2.70 bits per heavy atom. The molecule has 2 heterocycles. The molecule has 148 valence electrons. The largest absolute Gasteiger partial charge is 0.497 e. The van der Waals surface area contributed by atoms with Crippen molar-refractivity contribution in [2.24, 2.45) is 0 Å². The lowest BCUT2D eigenvalue weighted by Crippen LogP contribution is -2.00. The van der Waals surface area contributed by atoms with Gasteiger partial charge in [-0.15, -0.1) is 0 Å². The summed E-state index contributed by atoms with van der Waals surface area (Å²) in [6.07, 6.45) is 8.53. The number of pyridine rings is 1. The number of methoxy groups -OCH3 is 1. The number of rotatable bonds is 7. The van der Waals surface area contributed by atoms with Gasteiger partial charge in [0.05, 0.1) is 19.3 Å². The van der Waals surface area contributed by atoms with E-state index in [0.717, 1.165) is 28.1 Å². The van der Waals surface area contributed by atoms with Gasteiger partial charge in [-0.05, 0) is 42.0 Å².